The van der Waals surface area contributed by atoms with Gasteiger partial charge in [0.1, 0.15) is 0 Å². The molecular weight excluding hydrogens is 204 g/mol. The van der Waals surface area contributed by atoms with Crippen molar-refractivity contribution in [2.24, 2.45) is 0 Å². The predicted octanol–water partition coefficient (Wildman–Crippen LogP) is 2.66. The Bertz CT molecular complexity index is 295. The lowest BCUT2D eigenvalue weighted by molar-refractivity contribution is -0.136. The van der Waals surface area contributed by atoms with E-state index in [0.717, 1.165) is 18.4 Å². The molecule has 0 fully saturated rings. The summed E-state index contributed by atoms with van der Waals surface area (Å²) in [5.41, 5.74) is 1.16. The van der Waals surface area contributed by atoms with E-state index in [0.29, 0.717) is 13.2 Å². The maximum absolute atomic E-state index is 10.2. The van der Waals surface area contributed by atoms with Gasteiger partial charge < -0.3 is 9.84 Å². The highest BCUT2D eigenvalue weighted by Gasteiger charge is 1.97. The molecule has 0 aliphatic heterocycles. The van der Waals surface area contributed by atoms with E-state index >= 15 is 0 Å². The van der Waals surface area contributed by atoms with E-state index in [4.69, 9.17) is 9.84 Å². The van der Waals surface area contributed by atoms with E-state index in [2.05, 4.69) is 0 Å². The van der Waals surface area contributed by atoms with E-state index < -0.39 is 5.97 Å². The summed E-state index contributed by atoms with van der Waals surface area (Å²) in [6.45, 7) is 1.30. The first-order chi connectivity index (χ1) is 7.79. The minimum absolute atomic E-state index is 0.138. The normalized spacial score (nSPS) is 10.2. The monoisotopic (exact) mass is 221 g/mol. The second kappa shape index (κ2) is 7.88. The molecule has 0 bridgehead atoms. The van der Waals surface area contributed by atoms with Gasteiger partial charge in [-0.25, -0.2) is 0 Å². The molecular formula is C13H17O3. The number of ether oxygens (including phenoxy) is 1. The molecule has 1 N–H and O–H groups in total. The van der Waals surface area contributed by atoms with Crippen molar-refractivity contribution in [1.82, 2.24) is 0 Å². The van der Waals surface area contributed by atoms with Crippen LogP contribution in [0.25, 0.3) is 0 Å². The van der Waals surface area contributed by atoms with E-state index in [1.165, 1.54) is 0 Å². The van der Waals surface area contributed by atoms with Crippen LogP contribution < -0.4 is 0 Å². The van der Waals surface area contributed by atoms with Crippen molar-refractivity contribution in [3.63, 3.8) is 0 Å². The largest absolute Gasteiger partial charge is 0.481 e. The number of carboxylic acids is 1. The van der Waals surface area contributed by atoms with Gasteiger partial charge in [-0.15, -0.1) is 0 Å². The topological polar surface area (TPSA) is 46.5 Å². The minimum Gasteiger partial charge on any atom is -0.481 e. The molecule has 0 heterocycles. The molecule has 0 saturated heterocycles. The number of rotatable bonds is 8. The second-order valence-corrected chi connectivity index (χ2v) is 3.57. The molecule has 3 heteroatoms. The number of benzene rings is 1. The van der Waals surface area contributed by atoms with Crippen LogP contribution in [0.1, 0.15) is 24.8 Å². The van der Waals surface area contributed by atoms with Gasteiger partial charge in [-0.1, -0.05) is 30.3 Å². The number of hydrogen-bond donors (Lipinski definition) is 1. The molecule has 16 heavy (non-hydrogen) atoms. The van der Waals surface area contributed by atoms with Crippen LogP contribution in [0.3, 0.4) is 0 Å². The standard InChI is InChI=1S/C13H17O3/c14-13(15)9-5-2-6-10-16-11-12-7-3-1-4-8-12/h1,3-5,7-8H,2,6,9-11H2,(H,14,15). The summed E-state index contributed by atoms with van der Waals surface area (Å²) in [5.74, 6) is -0.773. The maximum atomic E-state index is 10.2. The Hall–Kier alpha value is -1.35. The smallest absolute Gasteiger partial charge is 0.303 e. The lowest BCUT2D eigenvalue weighted by Crippen LogP contribution is -1.98. The fourth-order valence-corrected chi connectivity index (χ4v) is 1.32. The highest BCUT2D eigenvalue weighted by Crippen LogP contribution is 2.03. The maximum Gasteiger partial charge on any atom is 0.303 e. The Morgan fingerprint density at radius 3 is 2.75 bits per heavy atom. The summed E-state index contributed by atoms with van der Waals surface area (Å²) in [7, 11) is 0. The van der Waals surface area contributed by atoms with E-state index in [9.17, 15) is 4.79 Å². The number of unbranched alkanes of at least 4 members (excludes halogenated alkanes) is 2. The van der Waals surface area contributed by atoms with Gasteiger partial charge in [-0.2, -0.15) is 0 Å². The average molecular weight is 221 g/mol. The zero-order valence-corrected chi connectivity index (χ0v) is 9.26. The van der Waals surface area contributed by atoms with Crippen LogP contribution in [0, 0.1) is 6.42 Å². The highest BCUT2D eigenvalue weighted by molar-refractivity contribution is 5.67. The van der Waals surface area contributed by atoms with Crippen molar-refractivity contribution < 1.29 is 14.6 Å². The van der Waals surface area contributed by atoms with Crippen molar-refractivity contribution in [1.29, 1.82) is 0 Å². The van der Waals surface area contributed by atoms with E-state index in [-0.39, 0.29) is 6.42 Å². The molecule has 1 aromatic rings. The van der Waals surface area contributed by atoms with Crippen LogP contribution in [0.15, 0.2) is 30.3 Å². The molecule has 1 radical (unpaired) electrons. The summed E-state index contributed by atoms with van der Waals surface area (Å²) in [6.07, 6.45) is 3.58. The molecule has 87 valence electrons. The van der Waals surface area contributed by atoms with Crippen molar-refractivity contribution in [3.8, 4) is 0 Å². The Balaban J connectivity index is 1.94. The number of carbonyl (C=O) groups is 1. The number of aliphatic carboxylic acids is 1. The molecule has 0 atom stereocenters. The third-order valence-corrected chi connectivity index (χ3v) is 2.13. The second-order valence-electron chi connectivity index (χ2n) is 3.57. The average Bonchev–Trinajstić information content (AvgIpc) is 2.29. The quantitative estimate of drug-likeness (QED) is 0.686. The first-order valence-corrected chi connectivity index (χ1v) is 5.44. The summed E-state index contributed by atoms with van der Waals surface area (Å²) in [6, 6.07) is 10.00. The van der Waals surface area contributed by atoms with Crippen molar-refractivity contribution in [2.75, 3.05) is 6.61 Å². The van der Waals surface area contributed by atoms with E-state index in [1.54, 1.807) is 6.42 Å². The van der Waals surface area contributed by atoms with Gasteiger partial charge in [-0.05, 0) is 24.8 Å². The molecule has 0 aliphatic rings. The Kier molecular flexibility index (Phi) is 6.26. The van der Waals surface area contributed by atoms with Crippen LogP contribution in [0.5, 0.6) is 0 Å². The molecule has 0 aliphatic carbocycles. The fourth-order valence-electron chi connectivity index (χ4n) is 1.32. The van der Waals surface area contributed by atoms with Crippen LogP contribution in [0.2, 0.25) is 0 Å². The van der Waals surface area contributed by atoms with Crippen molar-refractivity contribution in [2.45, 2.75) is 25.9 Å². The van der Waals surface area contributed by atoms with Gasteiger partial charge in [0.25, 0.3) is 0 Å². The molecule has 0 aromatic heterocycles. The van der Waals surface area contributed by atoms with Crippen LogP contribution in [0.4, 0.5) is 0 Å². The van der Waals surface area contributed by atoms with Gasteiger partial charge in [0.15, 0.2) is 0 Å². The molecule has 0 spiro atoms. The van der Waals surface area contributed by atoms with Crippen molar-refractivity contribution >= 4 is 5.97 Å². The lowest BCUT2D eigenvalue weighted by Gasteiger charge is -2.03. The molecule has 1 aromatic carbocycles. The van der Waals surface area contributed by atoms with Crippen LogP contribution in [-0.4, -0.2) is 17.7 Å². The summed E-state index contributed by atoms with van der Waals surface area (Å²) in [4.78, 5) is 10.2. The zero-order valence-electron chi connectivity index (χ0n) is 9.26. The highest BCUT2D eigenvalue weighted by atomic mass is 16.5. The third kappa shape index (κ3) is 6.19. The van der Waals surface area contributed by atoms with Gasteiger partial charge in [0, 0.05) is 13.0 Å². The van der Waals surface area contributed by atoms with Gasteiger partial charge in [0.2, 0.25) is 0 Å². The first kappa shape index (κ1) is 12.7. The van der Waals surface area contributed by atoms with Crippen molar-refractivity contribution in [3.05, 3.63) is 42.3 Å². The molecule has 0 saturated carbocycles. The fraction of sp³-hybridized carbons (Fsp3) is 0.385. The Labute approximate surface area is 96.1 Å². The number of carboxylic acid groups (broad SMARTS) is 1. The molecule has 0 unspecified atom stereocenters. The number of hydrogen-bond acceptors (Lipinski definition) is 2. The lowest BCUT2D eigenvalue weighted by atomic mass is 10.2. The molecule has 3 nitrogen and oxygen atoms in total. The van der Waals surface area contributed by atoms with E-state index in [1.807, 2.05) is 30.3 Å². The van der Waals surface area contributed by atoms with Gasteiger partial charge in [-0.3, -0.25) is 4.79 Å². The summed E-state index contributed by atoms with van der Waals surface area (Å²) < 4.78 is 5.46. The van der Waals surface area contributed by atoms with Gasteiger partial charge >= 0.3 is 5.97 Å². The summed E-state index contributed by atoms with van der Waals surface area (Å²) >= 11 is 0. The van der Waals surface area contributed by atoms with Crippen LogP contribution in [-0.2, 0) is 16.1 Å². The predicted molar refractivity (Wildman–Crippen MR) is 61.9 cm³/mol. The first-order valence-electron chi connectivity index (χ1n) is 5.44. The minimum atomic E-state index is -0.773. The molecule has 0 amide bonds. The van der Waals surface area contributed by atoms with Crippen LogP contribution >= 0.6 is 0 Å². The Morgan fingerprint density at radius 2 is 2.06 bits per heavy atom. The molecule has 1 rings (SSSR count). The Morgan fingerprint density at radius 1 is 1.31 bits per heavy atom. The van der Waals surface area contributed by atoms with Gasteiger partial charge in [0.05, 0.1) is 6.61 Å². The summed E-state index contributed by atoms with van der Waals surface area (Å²) in [5, 5.41) is 8.40. The third-order valence-electron chi connectivity index (χ3n) is 2.13. The SMILES string of the molecule is O=C(O)C[CH]CCCOCc1ccccc1. The zero-order chi connectivity index (χ0) is 11.6.